The van der Waals surface area contributed by atoms with Crippen LogP contribution >= 0.6 is 27.5 Å². The Hall–Kier alpha value is -0.250. The SMILES string of the molecule is COCCN(CC(C)C)c1ccc(CBr)c(Cl)c1. The summed E-state index contributed by atoms with van der Waals surface area (Å²) in [6, 6.07) is 6.24. The van der Waals surface area contributed by atoms with Gasteiger partial charge in [0.1, 0.15) is 0 Å². The van der Waals surface area contributed by atoms with E-state index in [0.29, 0.717) is 5.92 Å². The van der Waals surface area contributed by atoms with Crippen LogP contribution in [0.5, 0.6) is 0 Å². The molecule has 0 bridgehead atoms. The first kappa shape index (κ1) is 15.8. The molecule has 0 spiro atoms. The van der Waals surface area contributed by atoms with Gasteiger partial charge in [-0.2, -0.15) is 0 Å². The second-order valence-corrected chi connectivity index (χ2v) is 5.71. The number of methoxy groups -OCH3 is 1. The molecule has 0 atom stereocenters. The molecule has 0 saturated heterocycles. The van der Waals surface area contributed by atoms with E-state index in [2.05, 4.69) is 46.8 Å². The van der Waals surface area contributed by atoms with Crippen molar-refractivity contribution in [3.8, 4) is 0 Å². The molecule has 18 heavy (non-hydrogen) atoms. The van der Waals surface area contributed by atoms with E-state index in [4.69, 9.17) is 16.3 Å². The zero-order valence-electron chi connectivity index (χ0n) is 11.2. The first-order valence-electron chi connectivity index (χ1n) is 6.16. The monoisotopic (exact) mass is 333 g/mol. The van der Waals surface area contributed by atoms with Gasteiger partial charge in [0, 0.05) is 36.2 Å². The summed E-state index contributed by atoms with van der Waals surface area (Å²) in [5, 5.41) is 1.60. The number of anilines is 1. The molecule has 0 unspecified atom stereocenters. The number of hydrogen-bond acceptors (Lipinski definition) is 2. The Bertz CT molecular complexity index is 371. The molecule has 0 saturated carbocycles. The van der Waals surface area contributed by atoms with E-state index in [1.165, 1.54) is 0 Å². The van der Waals surface area contributed by atoms with Crippen molar-refractivity contribution in [3.63, 3.8) is 0 Å². The third kappa shape index (κ3) is 4.79. The first-order chi connectivity index (χ1) is 8.58. The molecule has 0 aliphatic carbocycles. The highest BCUT2D eigenvalue weighted by Crippen LogP contribution is 2.25. The molecule has 102 valence electrons. The summed E-state index contributed by atoms with van der Waals surface area (Å²) in [6.45, 7) is 7.05. The minimum atomic E-state index is 0.608. The van der Waals surface area contributed by atoms with E-state index in [1.807, 2.05) is 6.07 Å². The van der Waals surface area contributed by atoms with Gasteiger partial charge in [-0.1, -0.05) is 47.4 Å². The van der Waals surface area contributed by atoms with Crippen LogP contribution in [0.2, 0.25) is 5.02 Å². The molecule has 1 aromatic rings. The fourth-order valence-electron chi connectivity index (χ4n) is 1.81. The predicted molar refractivity (Wildman–Crippen MR) is 83.0 cm³/mol. The summed E-state index contributed by atoms with van der Waals surface area (Å²) in [5.41, 5.74) is 2.28. The van der Waals surface area contributed by atoms with Crippen LogP contribution in [0.25, 0.3) is 0 Å². The van der Waals surface area contributed by atoms with E-state index in [1.54, 1.807) is 7.11 Å². The van der Waals surface area contributed by atoms with Gasteiger partial charge in [-0.05, 0) is 23.6 Å². The van der Waals surface area contributed by atoms with Crippen LogP contribution < -0.4 is 4.90 Å². The van der Waals surface area contributed by atoms with E-state index in [0.717, 1.165) is 41.3 Å². The Kier molecular flexibility index (Phi) is 7.05. The van der Waals surface area contributed by atoms with Gasteiger partial charge in [-0.15, -0.1) is 0 Å². The van der Waals surface area contributed by atoms with E-state index >= 15 is 0 Å². The lowest BCUT2D eigenvalue weighted by Gasteiger charge is -2.27. The van der Waals surface area contributed by atoms with E-state index in [-0.39, 0.29) is 0 Å². The molecule has 0 fully saturated rings. The summed E-state index contributed by atoms with van der Waals surface area (Å²) in [7, 11) is 1.73. The van der Waals surface area contributed by atoms with Crippen molar-refractivity contribution in [2.45, 2.75) is 19.2 Å². The second-order valence-electron chi connectivity index (χ2n) is 4.74. The first-order valence-corrected chi connectivity index (χ1v) is 7.66. The molecule has 0 aromatic heterocycles. The van der Waals surface area contributed by atoms with Gasteiger partial charge in [-0.3, -0.25) is 0 Å². The standard InChI is InChI=1S/C14H21BrClNO/c1-11(2)10-17(6-7-18-3)13-5-4-12(9-15)14(16)8-13/h4-5,8,11H,6-7,9-10H2,1-3H3. The summed E-state index contributed by atoms with van der Waals surface area (Å²) in [6.07, 6.45) is 0. The topological polar surface area (TPSA) is 12.5 Å². The van der Waals surface area contributed by atoms with Gasteiger partial charge < -0.3 is 9.64 Å². The number of benzene rings is 1. The number of alkyl halides is 1. The van der Waals surface area contributed by atoms with Crippen LogP contribution in [0.1, 0.15) is 19.4 Å². The van der Waals surface area contributed by atoms with Gasteiger partial charge in [0.25, 0.3) is 0 Å². The molecule has 2 nitrogen and oxygen atoms in total. The van der Waals surface area contributed by atoms with Crippen molar-refractivity contribution in [2.75, 3.05) is 31.7 Å². The van der Waals surface area contributed by atoms with Crippen molar-refractivity contribution in [2.24, 2.45) is 5.92 Å². The number of rotatable bonds is 7. The van der Waals surface area contributed by atoms with Gasteiger partial charge in [0.15, 0.2) is 0 Å². The van der Waals surface area contributed by atoms with Crippen LogP contribution in [0.15, 0.2) is 18.2 Å². The predicted octanol–water partition coefficient (Wildman–Crippen LogP) is 4.34. The van der Waals surface area contributed by atoms with Crippen LogP contribution in [0, 0.1) is 5.92 Å². The number of ether oxygens (including phenoxy) is 1. The molecule has 0 aliphatic rings. The average Bonchev–Trinajstić information content (AvgIpc) is 2.34. The molecule has 0 radical (unpaired) electrons. The van der Waals surface area contributed by atoms with Crippen LogP contribution in [-0.4, -0.2) is 26.8 Å². The fourth-order valence-corrected chi connectivity index (χ4v) is 2.70. The maximum absolute atomic E-state index is 6.26. The molecule has 1 aromatic carbocycles. The van der Waals surface area contributed by atoms with Crippen molar-refractivity contribution in [1.82, 2.24) is 0 Å². The highest BCUT2D eigenvalue weighted by molar-refractivity contribution is 9.08. The lowest BCUT2D eigenvalue weighted by molar-refractivity contribution is 0.204. The van der Waals surface area contributed by atoms with Crippen molar-refractivity contribution in [3.05, 3.63) is 28.8 Å². The van der Waals surface area contributed by atoms with Gasteiger partial charge in [0.05, 0.1) is 6.61 Å². The lowest BCUT2D eigenvalue weighted by Crippen LogP contribution is -2.30. The third-order valence-electron chi connectivity index (χ3n) is 2.70. The third-order valence-corrected chi connectivity index (χ3v) is 3.65. The Labute approximate surface area is 123 Å². The number of halogens is 2. The van der Waals surface area contributed by atoms with Gasteiger partial charge >= 0.3 is 0 Å². The average molecular weight is 335 g/mol. The highest BCUT2D eigenvalue weighted by atomic mass is 79.9. The molecule has 0 heterocycles. The number of nitrogens with zero attached hydrogens (tertiary/aromatic N) is 1. The van der Waals surface area contributed by atoms with Crippen LogP contribution in [-0.2, 0) is 10.1 Å². The molecular weight excluding hydrogens is 314 g/mol. The second kappa shape index (κ2) is 8.03. The Morgan fingerprint density at radius 3 is 2.61 bits per heavy atom. The fraction of sp³-hybridized carbons (Fsp3) is 0.571. The van der Waals surface area contributed by atoms with E-state index < -0.39 is 0 Å². The molecule has 0 aliphatic heterocycles. The zero-order chi connectivity index (χ0) is 13.5. The lowest BCUT2D eigenvalue weighted by atomic mass is 10.1. The summed E-state index contributed by atoms with van der Waals surface area (Å²) in [4.78, 5) is 2.32. The maximum atomic E-state index is 6.26. The van der Waals surface area contributed by atoms with Crippen molar-refractivity contribution >= 4 is 33.2 Å². The minimum absolute atomic E-state index is 0.608. The normalized spacial score (nSPS) is 11.0. The smallest absolute Gasteiger partial charge is 0.0637 e. The van der Waals surface area contributed by atoms with Crippen molar-refractivity contribution < 1.29 is 4.74 Å². The quantitative estimate of drug-likeness (QED) is 0.688. The molecule has 0 N–H and O–H groups in total. The maximum Gasteiger partial charge on any atom is 0.0637 e. The summed E-state index contributed by atoms with van der Waals surface area (Å²) < 4.78 is 5.17. The van der Waals surface area contributed by atoms with Crippen molar-refractivity contribution in [1.29, 1.82) is 0 Å². The van der Waals surface area contributed by atoms with E-state index in [9.17, 15) is 0 Å². The van der Waals surface area contributed by atoms with Crippen LogP contribution in [0.4, 0.5) is 5.69 Å². The summed E-state index contributed by atoms with van der Waals surface area (Å²) in [5.74, 6) is 0.608. The molecule has 4 heteroatoms. The highest BCUT2D eigenvalue weighted by Gasteiger charge is 2.10. The molecule has 0 amide bonds. The molecule has 1 rings (SSSR count). The van der Waals surface area contributed by atoms with Crippen LogP contribution in [0.3, 0.4) is 0 Å². The van der Waals surface area contributed by atoms with Gasteiger partial charge in [0.2, 0.25) is 0 Å². The Balaban J connectivity index is 2.86. The van der Waals surface area contributed by atoms with Gasteiger partial charge in [-0.25, -0.2) is 0 Å². The zero-order valence-corrected chi connectivity index (χ0v) is 13.6. The molecular formula is C14H21BrClNO. The number of hydrogen-bond donors (Lipinski definition) is 0. The minimum Gasteiger partial charge on any atom is -0.383 e. The Morgan fingerprint density at radius 2 is 2.11 bits per heavy atom. The Morgan fingerprint density at radius 1 is 1.39 bits per heavy atom. The summed E-state index contributed by atoms with van der Waals surface area (Å²) >= 11 is 9.69. The largest absolute Gasteiger partial charge is 0.383 e.